The second-order valence-corrected chi connectivity index (χ2v) is 7.78. The number of rotatable bonds is 6. The number of halogens is 1. The number of nitrogens with one attached hydrogen (secondary N) is 1. The van der Waals surface area contributed by atoms with E-state index in [2.05, 4.69) is 25.5 Å². The zero-order valence-corrected chi connectivity index (χ0v) is 16.1. The molecule has 1 fully saturated rings. The summed E-state index contributed by atoms with van der Waals surface area (Å²) < 4.78 is 13.0. The summed E-state index contributed by atoms with van der Waals surface area (Å²) in [6.07, 6.45) is 0. The van der Waals surface area contributed by atoms with E-state index in [-0.39, 0.29) is 17.8 Å². The summed E-state index contributed by atoms with van der Waals surface area (Å²) in [5, 5.41) is 5.93. The molecular weight excluding hydrogens is 351 g/mol. The topological polar surface area (TPSA) is 48.5 Å². The van der Waals surface area contributed by atoms with Crippen LogP contribution in [0.1, 0.15) is 19.5 Å². The fourth-order valence-electron chi connectivity index (χ4n) is 3.01. The number of amides is 1. The normalized spacial score (nSPS) is 16.2. The largest absolute Gasteiger partial charge is 0.353 e. The van der Waals surface area contributed by atoms with Crippen molar-refractivity contribution in [2.45, 2.75) is 26.4 Å². The first-order valence-electron chi connectivity index (χ1n) is 8.94. The maximum absolute atomic E-state index is 13.0. The predicted octanol–water partition coefficient (Wildman–Crippen LogP) is 2.59. The van der Waals surface area contributed by atoms with Crippen molar-refractivity contribution in [3.8, 4) is 10.6 Å². The van der Waals surface area contributed by atoms with Gasteiger partial charge in [-0.05, 0) is 38.1 Å². The molecule has 3 rings (SSSR count). The first-order chi connectivity index (χ1) is 12.5. The summed E-state index contributed by atoms with van der Waals surface area (Å²) in [5.41, 5.74) is 1.99. The Morgan fingerprint density at radius 3 is 2.50 bits per heavy atom. The molecule has 26 heavy (non-hydrogen) atoms. The molecular formula is C19H25FN4OS. The van der Waals surface area contributed by atoms with Gasteiger partial charge in [-0.3, -0.25) is 14.6 Å². The Bertz CT molecular complexity index is 723. The van der Waals surface area contributed by atoms with E-state index in [1.54, 1.807) is 23.5 Å². The van der Waals surface area contributed by atoms with E-state index in [0.29, 0.717) is 6.54 Å². The smallest absolute Gasteiger partial charge is 0.234 e. The lowest BCUT2D eigenvalue weighted by atomic mass is 10.2. The van der Waals surface area contributed by atoms with Gasteiger partial charge in [-0.25, -0.2) is 9.37 Å². The molecule has 0 spiro atoms. The zero-order valence-electron chi connectivity index (χ0n) is 15.2. The molecule has 0 bridgehead atoms. The molecule has 0 saturated carbocycles. The van der Waals surface area contributed by atoms with Gasteiger partial charge in [-0.1, -0.05) is 0 Å². The van der Waals surface area contributed by atoms with Crippen molar-refractivity contribution in [3.63, 3.8) is 0 Å². The number of hydrogen-bond acceptors (Lipinski definition) is 5. The van der Waals surface area contributed by atoms with Crippen LogP contribution in [0.5, 0.6) is 0 Å². The SMILES string of the molecule is CC(C)NC(=O)CN1CCN(Cc2csc(-c3ccc(F)cc3)n2)CC1. The van der Waals surface area contributed by atoms with Crippen LogP contribution in [0.15, 0.2) is 29.6 Å². The van der Waals surface area contributed by atoms with Crippen LogP contribution in [0.4, 0.5) is 4.39 Å². The van der Waals surface area contributed by atoms with Crippen molar-refractivity contribution >= 4 is 17.2 Å². The Morgan fingerprint density at radius 1 is 1.19 bits per heavy atom. The fraction of sp³-hybridized carbons (Fsp3) is 0.474. The minimum Gasteiger partial charge on any atom is -0.353 e. The predicted molar refractivity (Wildman–Crippen MR) is 103 cm³/mol. The van der Waals surface area contributed by atoms with E-state index < -0.39 is 0 Å². The van der Waals surface area contributed by atoms with Gasteiger partial charge in [0.1, 0.15) is 10.8 Å². The van der Waals surface area contributed by atoms with E-state index in [4.69, 9.17) is 0 Å². The summed E-state index contributed by atoms with van der Waals surface area (Å²) in [6.45, 7) is 8.87. The van der Waals surface area contributed by atoms with Crippen LogP contribution in [0.25, 0.3) is 10.6 Å². The van der Waals surface area contributed by atoms with Gasteiger partial charge in [-0.2, -0.15) is 0 Å². The number of carbonyl (C=O) groups excluding carboxylic acids is 1. The highest BCUT2D eigenvalue weighted by molar-refractivity contribution is 7.13. The van der Waals surface area contributed by atoms with Crippen molar-refractivity contribution in [2.75, 3.05) is 32.7 Å². The molecule has 5 nitrogen and oxygen atoms in total. The quantitative estimate of drug-likeness (QED) is 0.842. The van der Waals surface area contributed by atoms with E-state index in [1.807, 2.05) is 13.8 Å². The third-order valence-electron chi connectivity index (χ3n) is 4.31. The Balaban J connectivity index is 1.48. The number of nitrogens with zero attached hydrogens (tertiary/aromatic N) is 3. The molecule has 140 valence electrons. The molecule has 0 unspecified atom stereocenters. The van der Waals surface area contributed by atoms with Gasteiger partial charge in [0.05, 0.1) is 12.2 Å². The van der Waals surface area contributed by atoms with Crippen molar-refractivity contribution < 1.29 is 9.18 Å². The molecule has 1 aromatic heterocycles. The highest BCUT2D eigenvalue weighted by atomic mass is 32.1. The average Bonchev–Trinajstić information content (AvgIpc) is 3.05. The molecule has 7 heteroatoms. The average molecular weight is 377 g/mol. The Hall–Kier alpha value is -1.83. The number of piperazine rings is 1. The Labute approximate surface area is 157 Å². The molecule has 0 atom stereocenters. The molecule has 0 radical (unpaired) electrons. The van der Waals surface area contributed by atoms with Crippen molar-refractivity contribution in [1.29, 1.82) is 0 Å². The summed E-state index contributed by atoms with van der Waals surface area (Å²) in [4.78, 5) is 21.1. The highest BCUT2D eigenvalue weighted by Crippen LogP contribution is 2.24. The summed E-state index contributed by atoms with van der Waals surface area (Å²) in [5.74, 6) is -0.137. The second-order valence-electron chi connectivity index (χ2n) is 6.93. The van der Waals surface area contributed by atoms with Gasteiger partial charge < -0.3 is 5.32 Å². The van der Waals surface area contributed by atoms with Gasteiger partial charge in [0, 0.05) is 49.7 Å². The van der Waals surface area contributed by atoms with Crippen LogP contribution in [0.3, 0.4) is 0 Å². The molecule has 1 aliphatic rings. The number of hydrogen-bond donors (Lipinski definition) is 1. The van der Waals surface area contributed by atoms with Crippen molar-refractivity contribution in [1.82, 2.24) is 20.1 Å². The molecule has 1 aliphatic heterocycles. The fourth-order valence-corrected chi connectivity index (χ4v) is 3.83. The van der Waals surface area contributed by atoms with E-state index in [1.165, 1.54) is 12.1 Å². The van der Waals surface area contributed by atoms with Crippen LogP contribution in [-0.2, 0) is 11.3 Å². The third kappa shape index (κ3) is 5.33. The number of thiazole rings is 1. The summed E-state index contributed by atoms with van der Waals surface area (Å²) >= 11 is 1.59. The Kier molecular flexibility index (Phi) is 6.34. The molecule has 1 saturated heterocycles. The van der Waals surface area contributed by atoms with E-state index in [9.17, 15) is 9.18 Å². The minimum atomic E-state index is -0.231. The maximum Gasteiger partial charge on any atom is 0.234 e. The lowest BCUT2D eigenvalue weighted by Crippen LogP contribution is -2.49. The molecule has 2 aromatic rings. The zero-order chi connectivity index (χ0) is 18.5. The molecule has 2 heterocycles. The van der Waals surface area contributed by atoms with Crippen molar-refractivity contribution in [2.24, 2.45) is 0 Å². The van der Waals surface area contributed by atoms with Crippen molar-refractivity contribution in [3.05, 3.63) is 41.2 Å². The molecule has 0 aliphatic carbocycles. The lowest BCUT2D eigenvalue weighted by Gasteiger charge is -2.34. The van der Waals surface area contributed by atoms with Crippen LogP contribution in [0, 0.1) is 5.82 Å². The first kappa shape index (κ1) is 18.9. The molecule has 1 N–H and O–H groups in total. The van der Waals surface area contributed by atoms with Crippen LogP contribution < -0.4 is 5.32 Å². The number of benzene rings is 1. The van der Waals surface area contributed by atoms with Crippen LogP contribution in [-0.4, -0.2) is 59.5 Å². The third-order valence-corrected chi connectivity index (χ3v) is 5.25. The summed E-state index contributed by atoms with van der Waals surface area (Å²) in [7, 11) is 0. The Morgan fingerprint density at radius 2 is 1.85 bits per heavy atom. The van der Waals surface area contributed by atoms with E-state index in [0.717, 1.165) is 49.0 Å². The number of aromatic nitrogens is 1. The monoisotopic (exact) mass is 376 g/mol. The van der Waals surface area contributed by atoms with Gasteiger partial charge >= 0.3 is 0 Å². The number of carbonyl (C=O) groups is 1. The van der Waals surface area contributed by atoms with E-state index >= 15 is 0 Å². The molecule has 1 amide bonds. The first-order valence-corrected chi connectivity index (χ1v) is 9.82. The molecule has 1 aromatic carbocycles. The summed E-state index contributed by atoms with van der Waals surface area (Å²) in [6, 6.07) is 6.64. The second kappa shape index (κ2) is 8.70. The lowest BCUT2D eigenvalue weighted by molar-refractivity contribution is -0.123. The van der Waals surface area contributed by atoms with Gasteiger partial charge in [0.15, 0.2) is 0 Å². The van der Waals surface area contributed by atoms with Gasteiger partial charge in [0.2, 0.25) is 5.91 Å². The van der Waals surface area contributed by atoms with Gasteiger partial charge in [-0.15, -0.1) is 11.3 Å². The van der Waals surface area contributed by atoms with Crippen LogP contribution in [0.2, 0.25) is 0 Å². The standard InChI is InChI=1S/C19H25FN4OS/c1-14(2)21-18(25)12-24-9-7-23(8-10-24)11-17-13-26-19(22-17)15-3-5-16(20)6-4-15/h3-6,13-14H,7-12H2,1-2H3,(H,21,25). The van der Waals surface area contributed by atoms with Gasteiger partial charge in [0.25, 0.3) is 0 Å². The van der Waals surface area contributed by atoms with Crippen LogP contribution >= 0.6 is 11.3 Å². The minimum absolute atomic E-state index is 0.0943. The maximum atomic E-state index is 13.0. The highest BCUT2D eigenvalue weighted by Gasteiger charge is 2.20.